The lowest BCUT2D eigenvalue weighted by atomic mass is 10.1. The number of hydrogen-bond donors (Lipinski definition) is 3. The number of halogens is 2. The fraction of sp³-hybridized carbons (Fsp3) is 0.577. The Hall–Kier alpha value is -2.69. The number of aliphatic hydroxyl groups excluding tert-OH is 2. The van der Waals surface area contributed by atoms with Crippen molar-refractivity contribution in [2.24, 2.45) is 0 Å². The molecule has 0 saturated carbocycles. The number of amides is 1. The molecule has 200 valence electrons. The van der Waals surface area contributed by atoms with Crippen LogP contribution < -0.4 is 11.0 Å². The number of allylic oxidation sites excluding steroid dienone is 6. The van der Waals surface area contributed by atoms with Crippen molar-refractivity contribution in [3.05, 3.63) is 57.7 Å². The maximum atomic E-state index is 14.3. The van der Waals surface area contributed by atoms with Crippen LogP contribution in [-0.2, 0) is 9.53 Å². The summed E-state index contributed by atoms with van der Waals surface area (Å²) >= 11 is 0. The van der Waals surface area contributed by atoms with Crippen LogP contribution in [-0.4, -0.2) is 50.4 Å². The number of anilines is 1. The molecule has 0 bridgehead atoms. The highest BCUT2D eigenvalue weighted by molar-refractivity contribution is 5.89. The SMILES string of the molecule is CC(C)=CCC/C(C)=C/CC/C(C)=C/CCC(=O)Nc1ccn([C@@H]2O[C@H](CO)[C@@H](O)C2(F)F)c(=O)n1. The number of carbonyl (C=O) groups is 1. The van der Waals surface area contributed by atoms with Crippen LogP contribution in [0.5, 0.6) is 0 Å². The molecule has 0 spiro atoms. The summed E-state index contributed by atoms with van der Waals surface area (Å²) in [5.74, 6) is -4.23. The van der Waals surface area contributed by atoms with Gasteiger partial charge >= 0.3 is 11.6 Å². The van der Waals surface area contributed by atoms with Crippen LogP contribution in [0.4, 0.5) is 14.6 Å². The van der Waals surface area contributed by atoms with Gasteiger partial charge in [0.2, 0.25) is 12.1 Å². The van der Waals surface area contributed by atoms with Crippen molar-refractivity contribution in [3.63, 3.8) is 0 Å². The summed E-state index contributed by atoms with van der Waals surface area (Å²) in [5, 5.41) is 21.2. The van der Waals surface area contributed by atoms with Gasteiger partial charge in [-0.25, -0.2) is 4.79 Å². The van der Waals surface area contributed by atoms with Crippen LogP contribution >= 0.6 is 0 Å². The molecule has 1 aliphatic heterocycles. The van der Waals surface area contributed by atoms with E-state index in [1.54, 1.807) is 0 Å². The summed E-state index contributed by atoms with van der Waals surface area (Å²) in [6.07, 6.45) is 6.21. The van der Waals surface area contributed by atoms with E-state index < -0.39 is 36.7 Å². The Morgan fingerprint density at radius 2 is 1.69 bits per heavy atom. The number of rotatable bonds is 12. The highest BCUT2D eigenvalue weighted by Gasteiger charge is 2.59. The lowest BCUT2D eigenvalue weighted by molar-refractivity contribution is -0.141. The molecule has 0 aromatic carbocycles. The summed E-state index contributed by atoms with van der Waals surface area (Å²) in [4.78, 5) is 28.1. The van der Waals surface area contributed by atoms with E-state index in [1.807, 2.05) is 13.0 Å². The van der Waals surface area contributed by atoms with Gasteiger partial charge in [-0.1, -0.05) is 34.9 Å². The van der Waals surface area contributed by atoms with Crippen LogP contribution in [0.2, 0.25) is 0 Å². The Bertz CT molecular complexity index is 1040. The lowest BCUT2D eigenvalue weighted by Gasteiger charge is -2.21. The molecule has 1 aliphatic rings. The van der Waals surface area contributed by atoms with E-state index in [4.69, 9.17) is 9.84 Å². The van der Waals surface area contributed by atoms with E-state index in [2.05, 4.69) is 43.2 Å². The first kappa shape index (κ1) is 29.5. The number of hydrogen-bond acceptors (Lipinski definition) is 6. The van der Waals surface area contributed by atoms with Gasteiger partial charge < -0.3 is 20.3 Å². The molecule has 2 heterocycles. The number of carbonyl (C=O) groups excluding carboxylic acids is 1. The molecule has 1 amide bonds. The zero-order valence-corrected chi connectivity index (χ0v) is 21.3. The van der Waals surface area contributed by atoms with Crippen LogP contribution in [0.15, 0.2) is 52.0 Å². The molecular weight excluding hydrogens is 472 g/mol. The normalized spacial score (nSPS) is 21.9. The van der Waals surface area contributed by atoms with Gasteiger partial charge in [-0.05, 0) is 65.9 Å². The molecule has 1 aromatic heterocycles. The van der Waals surface area contributed by atoms with E-state index in [-0.39, 0.29) is 18.1 Å². The molecule has 3 atom stereocenters. The first-order valence-electron chi connectivity index (χ1n) is 12.1. The molecule has 0 radical (unpaired) electrons. The van der Waals surface area contributed by atoms with E-state index in [0.717, 1.165) is 31.9 Å². The molecule has 10 heteroatoms. The number of aromatic nitrogens is 2. The number of ether oxygens (including phenoxy) is 1. The third-order valence-electron chi connectivity index (χ3n) is 5.90. The molecule has 1 saturated heterocycles. The summed E-state index contributed by atoms with van der Waals surface area (Å²) < 4.78 is 34.0. The van der Waals surface area contributed by atoms with Crippen molar-refractivity contribution in [3.8, 4) is 0 Å². The van der Waals surface area contributed by atoms with Gasteiger partial charge in [0, 0.05) is 12.6 Å². The Morgan fingerprint density at radius 3 is 2.22 bits per heavy atom. The van der Waals surface area contributed by atoms with Crippen LogP contribution in [0.3, 0.4) is 0 Å². The van der Waals surface area contributed by atoms with E-state index in [1.165, 1.54) is 22.8 Å². The predicted molar refractivity (Wildman–Crippen MR) is 134 cm³/mol. The van der Waals surface area contributed by atoms with Crippen molar-refractivity contribution < 1.29 is 28.5 Å². The summed E-state index contributed by atoms with van der Waals surface area (Å²) in [6, 6.07) is 1.20. The minimum Gasteiger partial charge on any atom is -0.394 e. The van der Waals surface area contributed by atoms with E-state index in [9.17, 15) is 23.5 Å². The lowest BCUT2D eigenvalue weighted by Crippen LogP contribution is -2.41. The molecule has 0 aliphatic carbocycles. The van der Waals surface area contributed by atoms with E-state index >= 15 is 0 Å². The van der Waals surface area contributed by atoms with Crippen molar-refractivity contribution in [1.29, 1.82) is 0 Å². The minimum absolute atomic E-state index is 0.0729. The molecule has 2 rings (SSSR count). The maximum Gasteiger partial charge on any atom is 0.351 e. The monoisotopic (exact) mass is 509 g/mol. The maximum absolute atomic E-state index is 14.3. The smallest absolute Gasteiger partial charge is 0.351 e. The van der Waals surface area contributed by atoms with Crippen molar-refractivity contribution in [2.75, 3.05) is 11.9 Å². The average molecular weight is 510 g/mol. The second-order valence-electron chi connectivity index (χ2n) is 9.38. The average Bonchev–Trinajstić information content (AvgIpc) is 3.02. The van der Waals surface area contributed by atoms with Gasteiger partial charge in [0.25, 0.3) is 0 Å². The molecule has 3 N–H and O–H groups in total. The van der Waals surface area contributed by atoms with Crippen molar-refractivity contribution >= 4 is 11.7 Å². The fourth-order valence-electron chi connectivity index (χ4n) is 3.77. The van der Waals surface area contributed by atoms with Crippen molar-refractivity contribution in [1.82, 2.24) is 9.55 Å². The Labute approximate surface area is 210 Å². The zero-order chi connectivity index (χ0) is 26.9. The van der Waals surface area contributed by atoms with Gasteiger partial charge in [-0.3, -0.25) is 9.36 Å². The number of alkyl halides is 2. The van der Waals surface area contributed by atoms with Gasteiger partial charge in [0.15, 0.2) is 6.10 Å². The van der Waals surface area contributed by atoms with Gasteiger partial charge in [-0.15, -0.1) is 0 Å². The first-order chi connectivity index (χ1) is 16.9. The highest BCUT2D eigenvalue weighted by Crippen LogP contribution is 2.41. The van der Waals surface area contributed by atoms with Gasteiger partial charge in [0.1, 0.15) is 11.9 Å². The molecule has 1 aromatic rings. The predicted octanol–water partition coefficient (Wildman–Crippen LogP) is 4.27. The molecule has 36 heavy (non-hydrogen) atoms. The molecular formula is C26H37F2N3O5. The zero-order valence-electron chi connectivity index (χ0n) is 21.3. The van der Waals surface area contributed by atoms with Crippen molar-refractivity contribution in [2.45, 2.75) is 90.6 Å². The Kier molecular flexibility index (Phi) is 11.1. The summed E-state index contributed by atoms with van der Waals surface area (Å²) in [5.41, 5.74) is 2.79. The first-order valence-corrected chi connectivity index (χ1v) is 12.1. The number of nitrogens with zero attached hydrogens (tertiary/aromatic N) is 2. The second-order valence-corrected chi connectivity index (χ2v) is 9.38. The second kappa shape index (κ2) is 13.6. The van der Waals surface area contributed by atoms with Crippen LogP contribution in [0.1, 0.15) is 72.4 Å². The molecule has 0 unspecified atom stereocenters. The van der Waals surface area contributed by atoms with Crippen LogP contribution in [0.25, 0.3) is 0 Å². The molecule has 8 nitrogen and oxygen atoms in total. The molecule has 1 fully saturated rings. The number of nitrogens with one attached hydrogen (secondary N) is 1. The quantitative estimate of drug-likeness (QED) is 0.363. The van der Waals surface area contributed by atoms with Crippen LogP contribution in [0, 0.1) is 0 Å². The third kappa shape index (κ3) is 8.46. The highest BCUT2D eigenvalue weighted by atomic mass is 19.3. The summed E-state index contributed by atoms with van der Waals surface area (Å²) in [7, 11) is 0. The van der Waals surface area contributed by atoms with Gasteiger partial charge in [-0.2, -0.15) is 13.8 Å². The summed E-state index contributed by atoms with van der Waals surface area (Å²) in [6.45, 7) is 7.51. The number of aliphatic hydroxyl groups is 2. The third-order valence-corrected chi connectivity index (χ3v) is 5.90. The van der Waals surface area contributed by atoms with Gasteiger partial charge in [0.05, 0.1) is 6.61 Å². The topological polar surface area (TPSA) is 114 Å². The Balaban J connectivity index is 1.83. The van der Waals surface area contributed by atoms with E-state index in [0.29, 0.717) is 11.0 Å². The minimum atomic E-state index is -3.80. The standard InChI is InChI=1S/C26H37F2N3O5/c1-17(2)8-5-9-18(3)10-6-11-19(4)12-7-13-22(33)29-21-14-15-31(25(35)30-21)24-26(27,28)23(34)20(16-32)36-24/h8,10,12,14-15,20,23-24,32,34H,5-7,9,11,13,16H2,1-4H3,(H,29,30,33,35)/b18-10+,19-12+/t20-,23-,24-/m1/s1. The largest absolute Gasteiger partial charge is 0.394 e. The Morgan fingerprint density at radius 1 is 1.11 bits per heavy atom. The fourth-order valence-corrected chi connectivity index (χ4v) is 3.77.